The van der Waals surface area contributed by atoms with Gasteiger partial charge in [0.25, 0.3) is 0 Å². The number of rotatable bonds is 8. The van der Waals surface area contributed by atoms with E-state index in [0.717, 1.165) is 56.2 Å². The van der Waals surface area contributed by atoms with Crippen LogP contribution in [-0.2, 0) is 11.2 Å². The first-order chi connectivity index (χ1) is 12.1. The molecule has 148 valence electrons. The molecule has 1 atom stereocenters. The van der Waals surface area contributed by atoms with Crippen LogP contribution in [0.25, 0.3) is 0 Å². The molecule has 2 rings (SSSR count). The van der Waals surface area contributed by atoms with E-state index in [2.05, 4.69) is 33.8 Å². The van der Waals surface area contributed by atoms with E-state index in [1.54, 1.807) is 14.2 Å². The van der Waals surface area contributed by atoms with Crippen LogP contribution in [0.3, 0.4) is 0 Å². The van der Waals surface area contributed by atoms with Gasteiger partial charge in [-0.15, -0.1) is 24.0 Å². The number of guanidine groups is 1. The quantitative estimate of drug-likeness (QED) is 0.304. The lowest BCUT2D eigenvalue weighted by Crippen LogP contribution is -2.45. The first-order valence-electron chi connectivity index (χ1n) is 8.89. The lowest BCUT2D eigenvalue weighted by atomic mass is 9.84. The van der Waals surface area contributed by atoms with Crippen LogP contribution in [-0.4, -0.2) is 58.1 Å². The molecule has 3 N–H and O–H groups in total. The van der Waals surface area contributed by atoms with Gasteiger partial charge in [-0.3, -0.25) is 4.99 Å². The van der Waals surface area contributed by atoms with Crippen LogP contribution in [0, 0.1) is 12.3 Å². The number of aliphatic imine (C=N–C) groups is 1. The molecule has 1 heterocycles. The molecule has 0 radical (unpaired) electrons. The monoisotopic (exact) mass is 477 g/mol. The molecule has 0 bridgehead atoms. The zero-order valence-electron chi connectivity index (χ0n) is 16.0. The first-order valence-corrected chi connectivity index (χ1v) is 8.89. The largest absolute Gasteiger partial charge is 0.496 e. The second-order valence-electron chi connectivity index (χ2n) is 6.68. The van der Waals surface area contributed by atoms with Crippen molar-refractivity contribution in [1.29, 1.82) is 0 Å². The highest BCUT2D eigenvalue weighted by atomic mass is 127. The standard InChI is InChI=1S/C19H31N3O3.HI/c1-15-4-5-16(12-17(15)24-3)6-9-21-18(20-2)22-13-19(7-10-23)8-11-25-14-19;/h4-5,12,23H,6-11,13-14H2,1-3H3,(H2,20,21,22);1H. The highest BCUT2D eigenvalue weighted by Crippen LogP contribution is 2.31. The van der Waals surface area contributed by atoms with Crippen LogP contribution in [0.5, 0.6) is 5.75 Å². The fourth-order valence-electron chi connectivity index (χ4n) is 3.15. The molecule has 1 fully saturated rings. The van der Waals surface area contributed by atoms with Crippen LogP contribution in [0.1, 0.15) is 24.0 Å². The maximum absolute atomic E-state index is 9.30. The minimum Gasteiger partial charge on any atom is -0.496 e. The number of hydrogen-bond acceptors (Lipinski definition) is 4. The Balaban J connectivity index is 0.00000338. The van der Waals surface area contributed by atoms with Gasteiger partial charge in [0.2, 0.25) is 0 Å². The third kappa shape index (κ3) is 6.59. The van der Waals surface area contributed by atoms with E-state index >= 15 is 0 Å². The van der Waals surface area contributed by atoms with Crippen LogP contribution >= 0.6 is 24.0 Å². The summed E-state index contributed by atoms with van der Waals surface area (Å²) in [6, 6.07) is 6.29. The Kier molecular flexibility index (Phi) is 10.3. The molecule has 7 heteroatoms. The van der Waals surface area contributed by atoms with Gasteiger partial charge in [0.1, 0.15) is 5.75 Å². The molecule has 0 spiro atoms. The predicted molar refractivity (Wildman–Crippen MR) is 116 cm³/mol. The Morgan fingerprint density at radius 1 is 1.38 bits per heavy atom. The van der Waals surface area contributed by atoms with E-state index in [4.69, 9.17) is 9.47 Å². The zero-order chi connectivity index (χ0) is 18.1. The van der Waals surface area contributed by atoms with Gasteiger partial charge in [0, 0.05) is 38.8 Å². The van der Waals surface area contributed by atoms with Crippen LogP contribution in [0.2, 0.25) is 0 Å². The van der Waals surface area contributed by atoms with E-state index in [1.807, 2.05) is 6.92 Å². The van der Waals surface area contributed by atoms with Crippen molar-refractivity contribution in [2.75, 3.05) is 47.1 Å². The Bertz CT molecular complexity index is 575. The number of aliphatic hydroxyl groups excluding tert-OH is 1. The third-order valence-electron chi connectivity index (χ3n) is 4.86. The van der Waals surface area contributed by atoms with Crippen LogP contribution < -0.4 is 15.4 Å². The molecule has 0 amide bonds. The molecule has 1 saturated heterocycles. The maximum atomic E-state index is 9.30. The number of nitrogens with zero attached hydrogens (tertiary/aromatic N) is 1. The molecule has 0 aliphatic carbocycles. The van der Waals surface area contributed by atoms with Crippen molar-refractivity contribution in [3.05, 3.63) is 29.3 Å². The lowest BCUT2D eigenvalue weighted by Gasteiger charge is -2.27. The van der Waals surface area contributed by atoms with Gasteiger partial charge < -0.3 is 25.2 Å². The second-order valence-corrected chi connectivity index (χ2v) is 6.68. The highest BCUT2D eigenvalue weighted by Gasteiger charge is 2.34. The summed E-state index contributed by atoms with van der Waals surface area (Å²) in [6.07, 6.45) is 2.61. The average Bonchev–Trinajstić information content (AvgIpc) is 3.08. The van der Waals surface area contributed by atoms with Crippen molar-refractivity contribution < 1.29 is 14.6 Å². The molecule has 0 saturated carbocycles. The molecule has 1 aliphatic heterocycles. The predicted octanol–water partition coefficient (Wildman–Crippen LogP) is 2.12. The molecule has 1 aromatic rings. The molecule has 26 heavy (non-hydrogen) atoms. The van der Waals surface area contributed by atoms with Crippen molar-refractivity contribution in [1.82, 2.24) is 10.6 Å². The van der Waals surface area contributed by atoms with Crippen molar-refractivity contribution in [3.8, 4) is 5.75 Å². The summed E-state index contributed by atoms with van der Waals surface area (Å²) in [4.78, 5) is 4.29. The van der Waals surface area contributed by atoms with Crippen molar-refractivity contribution in [3.63, 3.8) is 0 Å². The average molecular weight is 477 g/mol. The number of nitrogens with one attached hydrogen (secondary N) is 2. The second kappa shape index (κ2) is 11.6. The fourth-order valence-corrected chi connectivity index (χ4v) is 3.15. The Morgan fingerprint density at radius 2 is 2.19 bits per heavy atom. The summed E-state index contributed by atoms with van der Waals surface area (Å²) in [7, 11) is 3.47. The Labute approximate surface area is 173 Å². The van der Waals surface area contributed by atoms with E-state index in [9.17, 15) is 5.11 Å². The van der Waals surface area contributed by atoms with E-state index < -0.39 is 0 Å². The number of methoxy groups -OCH3 is 1. The molecule has 1 aliphatic rings. The number of benzene rings is 1. The van der Waals surface area contributed by atoms with E-state index in [-0.39, 0.29) is 36.0 Å². The smallest absolute Gasteiger partial charge is 0.191 e. The topological polar surface area (TPSA) is 75.1 Å². The SMILES string of the molecule is CN=C(NCCc1ccc(C)c(OC)c1)NCC1(CCO)CCOC1.I. The summed E-state index contributed by atoms with van der Waals surface area (Å²) >= 11 is 0. The highest BCUT2D eigenvalue weighted by molar-refractivity contribution is 14.0. The fraction of sp³-hybridized carbons (Fsp3) is 0.632. The molecule has 0 aromatic heterocycles. The van der Waals surface area contributed by atoms with Crippen molar-refractivity contribution >= 4 is 29.9 Å². The summed E-state index contributed by atoms with van der Waals surface area (Å²) < 4.78 is 10.9. The first kappa shape index (κ1) is 23.0. The maximum Gasteiger partial charge on any atom is 0.191 e. The van der Waals surface area contributed by atoms with Crippen molar-refractivity contribution in [2.24, 2.45) is 10.4 Å². The zero-order valence-corrected chi connectivity index (χ0v) is 18.3. The molecular formula is C19H32IN3O3. The Hall–Kier alpha value is -1.06. The van der Waals surface area contributed by atoms with E-state index in [0.29, 0.717) is 6.61 Å². The number of ether oxygens (including phenoxy) is 2. The van der Waals surface area contributed by atoms with E-state index in [1.165, 1.54) is 5.56 Å². The van der Waals surface area contributed by atoms with Crippen molar-refractivity contribution in [2.45, 2.75) is 26.2 Å². The van der Waals surface area contributed by atoms with Gasteiger partial charge >= 0.3 is 0 Å². The molecule has 1 unspecified atom stereocenters. The Morgan fingerprint density at radius 3 is 2.81 bits per heavy atom. The number of halogens is 1. The van der Waals surface area contributed by atoms with Gasteiger partial charge in [-0.1, -0.05) is 12.1 Å². The molecular weight excluding hydrogens is 445 g/mol. The summed E-state index contributed by atoms with van der Waals surface area (Å²) in [5.74, 6) is 1.70. The number of aryl methyl sites for hydroxylation is 1. The number of aliphatic hydroxyl groups is 1. The minimum absolute atomic E-state index is 0. The minimum atomic E-state index is 0. The summed E-state index contributed by atoms with van der Waals surface area (Å²) in [6.45, 7) is 5.23. The number of hydrogen-bond donors (Lipinski definition) is 3. The van der Waals surface area contributed by atoms with Gasteiger partial charge in [-0.25, -0.2) is 0 Å². The van der Waals surface area contributed by atoms with Gasteiger partial charge in [-0.05, 0) is 43.4 Å². The lowest BCUT2D eigenvalue weighted by molar-refractivity contribution is 0.127. The van der Waals surface area contributed by atoms with Gasteiger partial charge in [0.15, 0.2) is 5.96 Å². The normalized spacial score (nSPS) is 19.8. The molecule has 1 aromatic carbocycles. The summed E-state index contributed by atoms with van der Waals surface area (Å²) in [5, 5.41) is 16.0. The molecule has 6 nitrogen and oxygen atoms in total. The van der Waals surface area contributed by atoms with Crippen LogP contribution in [0.15, 0.2) is 23.2 Å². The third-order valence-corrected chi connectivity index (χ3v) is 4.86. The van der Waals surface area contributed by atoms with Gasteiger partial charge in [-0.2, -0.15) is 0 Å². The van der Waals surface area contributed by atoms with Crippen LogP contribution in [0.4, 0.5) is 0 Å². The summed E-state index contributed by atoms with van der Waals surface area (Å²) in [5.41, 5.74) is 2.38. The van der Waals surface area contributed by atoms with Gasteiger partial charge in [0.05, 0.1) is 13.7 Å².